The van der Waals surface area contributed by atoms with Crippen molar-refractivity contribution in [3.8, 4) is 0 Å². The van der Waals surface area contributed by atoms with Crippen LogP contribution < -0.4 is 0 Å². The molecule has 1 aliphatic rings. The summed E-state index contributed by atoms with van der Waals surface area (Å²) in [5.41, 5.74) is 0. The molecule has 0 unspecified atom stereocenters. The smallest absolute Gasteiger partial charge is 0.218 e. The molecular weight excluding hydrogens is 306 g/mol. The maximum atomic E-state index is 5.27. The molecule has 0 aliphatic carbocycles. The third kappa shape index (κ3) is 2.28. The fourth-order valence-electron chi connectivity index (χ4n) is 1.07. The lowest BCUT2D eigenvalue weighted by Crippen LogP contribution is -2.17. The van der Waals surface area contributed by atoms with Crippen molar-refractivity contribution in [1.82, 2.24) is 14.8 Å². The number of rotatable bonds is 2. The zero-order chi connectivity index (χ0) is 9.26. The van der Waals surface area contributed by atoms with Crippen LogP contribution in [0.2, 0.25) is 0 Å². The molecule has 13 heavy (non-hydrogen) atoms. The van der Waals surface area contributed by atoms with Crippen LogP contribution in [0.15, 0.2) is 9.47 Å². The Morgan fingerprint density at radius 1 is 1.38 bits per heavy atom. The molecule has 0 amide bonds. The highest BCUT2D eigenvalue weighted by atomic mass is 79.9. The van der Waals surface area contributed by atoms with Crippen LogP contribution >= 0.6 is 31.9 Å². The lowest BCUT2D eigenvalue weighted by Gasteiger charge is -2.08. The highest BCUT2D eigenvalue weighted by molar-refractivity contribution is 9.11. The van der Waals surface area contributed by atoms with E-state index in [1.54, 1.807) is 4.68 Å². The second kappa shape index (κ2) is 4.04. The molecule has 1 aliphatic heterocycles. The molecule has 1 aromatic heterocycles. The van der Waals surface area contributed by atoms with Crippen molar-refractivity contribution in [1.29, 1.82) is 0 Å². The molecular formula is C6H7Br2N3O2. The van der Waals surface area contributed by atoms with Gasteiger partial charge >= 0.3 is 0 Å². The summed E-state index contributed by atoms with van der Waals surface area (Å²) in [6, 6.07) is 0. The normalized spacial score (nSPS) is 18.3. The van der Waals surface area contributed by atoms with Crippen molar-refractivity contribution >= 4 is 31.9 Å². The zero-order valence-electron chi connectivity index (χ0n) is 6.61. The average Bonchev–Trinajstić information content (AvgIpc) is 2.63. The Morgan fingerprint density at radius 2 is 2.08 bits per heavy atom. The summed E-state index contributed by atoms with van der Waals surface area (Å²) in [5, 5.41) is 4.09. The molecule has 0 atom stereocenters. The van der Waals surface area contributed by atoms with E-state index < -0.39 is 0 Å². The highest BCUT2D eigenvalue weighted by Crippen LogP contribution is 2.14. The summed E-state index contributed by atoms with van der Waals surface area (Å²) in [7, 11) is 0. The predicted octanol–water partition coefficient (Wildman–Crippen LogP) is 1.18. The first-order valence-electron chi connectivity index (χ1n) is 3.75. The van der Waals surface area contributed by atoms with Crippen molar-refractivity contribution in [3.63, 3.8) is 0 Å². The quantitative estimate of drug-likeness (QED) is 0.823. The standard InChI is InChI=1S/C6H7Br2N3O2/c7-5-9-6(8)11(10-5)3-4-12-1-2-13-4/h4H,1-3H2. The van der Waals surface area contributed by atoms with E-state index in [9.17, 15) is 0 Å². The topological polar surface area (TPSA) is 49.2 Å². The second-order valence-electron chi connectivity index (χ2n) is 2.50. The molecule has 0 saturated carbocycles. The van der Waals surface area contributed by atoms with E-state index in [0.717, 1.165) is 0 Å². The van der Waals surface area contributed by atoms with Gasteiger partial charge in [-0.05, 0) is 31.9 Å². The van der Waals surface area contributed by atoms with Crippen LogP contribution in [-0.2, 0) is 16.0 Å². The van der Waals surface area contributed by atoms with Gasteiger partial charge in [-0.3, -0.25) is 0 Å². The largest absolute Gasteiger partial charge is 0.348 e. The van der Waals surface area contributed by atoms with E-state index >= 15 is 0 Å². The molecule has 0 aromatic carbocycles. The van der Waals surface area contributed by atoms with E-state index in [1.807, 2.05) is 0 Å². The first kappa shape index (κ1) is 9.57. The lowest BCUT2D eigenvalue weighted by atomic mass is 10.6. The van der Waals surface area contributed by atoms with Crippen LogP contribution in [0.1, 0.15) is 0 Å². The number of hydrogen-bond donors (Lipinski definition) is 0. The third-order valence-electron chi connectivity index (χ3n) is 1.61. The molecule has 7 heteroatoms. The first-order valence-corrected chi connectivity index (χ1v) is 5.33. The third-order valence-corrected chi connectivity index (χ3v) is 2.54. The number of nitrogens with zero attached hydrogens (tertiary/aromatic N) is 3. The van der Waals surface area contributed by atoms with Gasteiger partial charge in [0, 0.05) is 0 Å². The van der Waals surface area contributed by atoms with Crippen LogP contribution in [0.3, 0.4) is 0 Å². The van der Waals surface area contributed by atoms with Crippen LogP contribution in [0.25, 0.3) is 0 Å². The van der Waals surface area contributed by atoms with Crippen molar-refractivity contribution in [2.24, 2.45) is 0 Å². The maximum absolute atomic E-state index is 5.27. The molecule has 2 heterocycles. The molecule has 1 saturated heterocycles. The lowest BCUT2D eigenvalue weighted by molar-refractivity contribution is -0.0550. The van der Waals surface area contributed by atoms with Crippen molar-refractivity contribution < 1.29 is 9.47 Å². The molecule has 0 radical (unpaired) electrons. The van der Waals surface area contributed by atoms with Gasteiger partial charge in [-0.25, -0.2) is 4.68 Å². The Labute approximate surface area is 91.7 Å². The number of aromatic nitrogens is 3. The highest BCUT2D eigenvalue weighted by Gasteiger charge is 2.18. The van der Waals surface area contributed by atoms with Gasteiger partial charge in [0.15, 0.2) is 11.0 Å². The van der Waals surface area contributed by atoms with Crippen LogP contribution in [0.5, 0.6) is 0 Å². The van der Waals surface area contributed by atoms with Gasteiger partial charge < -0.3 is 9.47 Å². The Balaban J connectivity index is 2.03. The summed E-state index contributed by atoms with van der Waals surface area (Å²) >= 11 is 6.45. The zero-order valence-corrected chi connectivity index (χ0v) is 9.78. The molecule has 0 spiro atoms. The Bertz CT molecular complexity index is 298. The SMILES string of the molecule is Brc1nc(Br)n(CC2OCCO2)n1. The summed E-state index contributed by atoms with van der Waals surface area (Å²) in [6.45, 7) is 1.86. The number of halogens is 2. The minimum atomic E-state index is -0.204. The van der Waals surface area contributed by atoms with E-state index in [0.29, 0.717) is 29.2 Å². The maximum Gasteiger partial charge on any atom is 0.218 e. The van der Waals surface area contributed by atoms with Crippen molar-refractivity contribution in [2.45, 2.75) is 12.8 Å². The minimum Gasteiger partial charge on any atom is -0.348 e. The average molecular weight is 313 g/mol. The van der Waals surface area contributed by atoms with Crippen LogP contribution in [0, 0.1) is 0 Å². The molecule has 0 bridgehead atoms. The van der Waals surface area contributed by atoms with Gasteiger partial charge in [-0.1, -0.05) is 0 Å². The molecule has 5 nitrogen and oxygen atoms in total. The fraction of sp³-hybridized carbons (Fsp3) is 0.667. The summed E-state index contributed by atoms with van der Waals surface area (Å²) in [4.78, 5) is 4.03. The summed E-state index contributed by atoms with van der Waals surface area (Å²) in [6.07, 6.45) is -0.204. The van der Waals surface area contributed by atoms with E-state index in [1.165, 1.54) is 0 Å². The number of ether oxygens (including phenoxy) is 2. The Hall–Kier alpha value is 0.0200. The van der Waals surface area contributed by atoms with Crippen molar-refractivity contribution in [2.75, 3.05) is 13.2 Å². The van der Waals surface area contributed by atoms with Gasteiger partial charge in [-0.15, -0.1) is 5.10 Å². The monoisotopic (exact) mass is 311 g/mol. The van der Waals surface area contributed by atoms with Gasteiger partial charge in [-0.2, -0.15) is 4.98 Å². The van der Waals surface area contributed by atoms with Gasteiger partial charge in [0.2, 0.25) is 4.73 Å². The molecule has 1 aromatic rings. The predicted molar refractivity (Wildman–Crippen MR) is 51.1 cm³/mol. The molecule has 0 N–H and O–H groups in total. The van der Waals surface area contributed by atoms with E-state index in [4.69, 9.17) is 9.47 Å². The van der Waals surface area contributed by atoms with Crippen LogP contribution in [0.4, 0.5) is 0 Å². The number of hydrogen-bond acceptors (Lipinski definition) is 4. The minimum absolute atomic E-state index is 0.204. The summed E-state index contributed by atoms with van der Waals surface area (Å²) < 4.78 is 13.4. The summed E-state index contributed by atoms with van der Waals surface area (Å²) in [5.74, 6) is 0. The van der Waals surface area contributed by atoms with Crippen LogP contribution in [-0.4, -0.2) is 34.3 Å². The van der Waals surface area contributed by atoms with Gasteiger partial charge in [0.05, 0.1) is 19.8 Å². The van der Waals surface area contributed by atoms with Gasteiger partial charge in [0.1, 0.15) is 0 Å². The second-order valence-corrected chi connectivity index (χ2v) is 3.92. The van der Waals surface area contributed by atoms with Crippen molar-refractivity contribution in [3.05, 3.63) is 9.47 Å². The first-order chi connectivity index (χ1) is 6.25. The Kier molecular flexibility index (Phi) is 2.97. The molecule has 72 valence electrons. The molecule has 2 rings (SSSR count). The van der Waals surface area contributed by atoms with E-state index in [2.05, 4.69) is 41.9 Å². The van der Waals surface area contributed by atoms with E-state index in [-0.39, 0.29) is 6.29 Å². The Morgan fingerprint density at radius 3 is 2.62 bits per heavy atom. The van der Waals surface area contributed by atoms with Gasteiger partial charge in [0.25, 0.3) is 0 Å². The molecule has 1 fully saturated rings. The fourth-order valence-corrected chi connectivity index (χ4v) is 2.06.